The highest BCUT2D eigenvalue weighted by Crippen LogP contribution is 2.34. The number of pyridine rings is 1. The van der Waals surface area contributed by atoms with Gasteiger partial charge in [-0.2, -0.15) is 0 Å². The second-order valence-electron chi connectivity index (χ2n) is 9.19. The zero-order valence-corrected chi connectivity index (χ0v) is 21.6. The lowest BCUT2D eigenvalue weighted by atomic mass is 10.0. The summed E-state index contributed by atoms with van der Waals surface area (Å²) in [5.74, 6) is -1.77. The second-order valence-corrected chi connectivity index (χ2v) is 9.57. The van der Waals surface area contributed by atoms with E-state index in [1.54, 1.807) is 24.3 Å². The van der Waals surface area contributed by atoms with Gasteiger partial charge in [0.15, 0.2) is 0 Å². The Kier molecular flexibility index (Phi) is 7.77. The molecule has 0 saturated carbocycles. The molecule has 0 spiro atoms. The van der Waals surface area contributed by atoms with Crippen LogP contribution in [-0.4, -0.2) is 39.9 Å². The van der Waals surface area contributed by atoms with Crippen LogP contribution in [0.1, 0.15) is 22.4 Å². The number of aromatic nitrogens is 2. The van der Waals surface area contributed by atoms with Crippen LogP contribution in [0.15, 0.2) is 60.8 Å². The minimum absolute atomic E-state index is 0.130. The van der Waals surface area contributed by atoms with Crippen molar-refractivity contribution in [2.45, 2.75) is 25.9 Å². The second kappa shape index (κ2) is 11.3. The molecule has 1 aliphatic rings. The summed E-state index contributed by atoms with van der Waals surface area (Å²) in [6, 6.07) is 10.0. The van der Waals surface area contributed by atoms with Gasteiger partial charge in [-0.25, -0.2) is 18.6 Å². The van der Waals surface area contributed by atoms with Gasteiger partial charge in [0.25, 0.3) is 0 Å². The van der Waals surface area contributed by atoms with Gasteiger partial charge in [-0.05, 0) is 47.5 Å². The van der Waals surface area contributed by atoms with Crippen molar-refractivity contribution in [3.05, 3.63) is 100.0 Å². The summed E-state index contributed by atoms with van der Waals surface area (Å²) in [7, 11) is 0. The van der Waals surface area contributed by atoms with Crippen molar-refractivity contribution in [1.82, 2.24) is 19.8 Å². The molecule has 1 N–H and O–H groups in total. The average molecular weight is 577 g/mol. The molecular weight excluding hydrogens is 555 g/mol. The van der Waals surface area contributed by atoms with Crippen LogP contribution in [0.5, 0.6) is 5.75 Å². The Hall–Kier alpha value is -3.96. The van der Waals surface area contributed by atoms with Crippen LogP contribution in [0.2, 0.25) is 5.15 Å². The van der Waals surface area contributed by atoms with E-state index in [-0.39, 0.29) is 22.8 Å². The number of fused-ring (bicyclic) bond motifs is 3. The number of carbonyl (C=O) groups excluding carboxylic acids is 1. The van der Waals surface area contributed by atoms with E-state index in [0.717, 1.165) is 11.6 Å². The number of hydrogen-bond acceptors (Lipinski definition) is 4. The fourth-order valence-corrected chi connectivity index (χ4v) is 4.95. The van der Waals surface area contributed by atoms with Crippen molar-refractivity contribution in [3.63, 3.8) is 0 Å². The third-order valence-corrected chi connectivity index (χ3v) is 6.70. The minimum Gasteiger partial charge on any atom is -0.406 e. The lowest BCUT2D eigenvalue weighted by Gasteiger charge is -2.27. The van der Waals surface area contributed by atoms with E-state index < -0.39 is 29.8 Å². The number of benzene rings is 2. The highest BCUT2D eigenvalue weighted by atomic mass is 35.5. The van der Waals surface area contributed by atoms with Gasteiger partial charge in [0.1, 0.15) is 22.5 Å². The van der Waals surface area contributed by atoms with Gasteiger partial charge in [0, 0.05) is 67.6 Å². The highest BCUT2D eigenvalue weighted by molar-refractivity contribution is 6.29. The summed E-state index contributed by atoms with van der Waals surface area (Å²) in [5, 5.41) is 3.68. The molecule has 0 radical (unpaired) electrons. The standard InChI is InChI=1S/C28H22ClF5N4O2/c29-26-12-17(7-9-35-26)15-36-27(39)38-24-8-11-37(10-1-2-18-3-4-19(30)13-23(18)31)16-22(24)21-6-5-20(14-25(21)38)40-28(32,33)34/h1-7,9,12-14H,8,10-11,15-16H2,(H,36,39)/b2-1+. The molecule has 1 amide bonds. The largest absolute Gasteiger partial charge is 0.573 e. The number of alkyl halides is 3. The number of nitrogens with zero attached hydrogens (tertiary/aromatic N) is 3. The number of halogens is 6. The van der Waals surface area contributed by atoms with Gasteiger partial charge < -0.3 is 10.1 Å². The number of ether oxygens (including phenoxy) is 1. The van der Waals surface area contributed by atoms with Crippen LogP contribution in [0.3, 0.4) is 0 Å². The van der Waals surface area contributed by atoms with Crippen molar-refractivity contribution in [1.29, 1.82) is 0 Å². The van der Waals surface area contributed by atoms with Crippen molar-refractivity contribution in [2.75, 3.05) is 13.1 Å². The molecule has 2 aromatic heterocycles. The summed E-state index contributed by atoms with van der Waals surface area (Å²) in [5.41, 5.74) is 2.70. The van der Waals surface area contributed by atoms with Gasteiger partial charge in [0.05, 0.1) is 5.52 Å². The van der Waals surface area contributed by atoms with E-state index in [9.17, 15) is 26.7 Å². The number of amides is 1. The summed E-state index contributed by atoms with van der Waals surface area (Å²) in [4.78, 5) is 19.3. The Morgan fingerprint density at radius 2 is 1.95 bits per heavy atom. The van der Waals surface area contributed by atoms with Crippen molar-refractivity contribution >= 4 is 34.6 Å². The molecule has 5 rings (SSSR count). The van der Waals surface area contributed by atoms with Crippen molar-refractivity contribution in [2.24, 2.45) is 0 Å². The normalized spacial score (nSPS) is 14.1. The maximum Gasteiger partial charge on any atom is 0.573 e. The predicted octanol–water partition coefficient (Wildman–Crippen LogP) is 6.70. The Morgan fingerprint density at radius 1 is 1.12 bits per heavy atom. The van der Waals surface area contributed by atoms with E-state index in [0.29, 0.717) is 42.7 Å². The first kappa shape index (κ1) is 27.6. The topological polar surface area (TPSA) is 59.4 Å². The first-order valence-corrected chi connectivity index (χ1v) is 12.6. The zero-order chi connectivity index (χ0) is 28.4. The molecule has 0 bridgehead atoms. The molecule has 3 heterocycles. The monoisotopic (exact) mass is 576 g/mol. The molecule has 4 aromatic rings. The predicted molar refractivity (Wildman–Crippen MR) is 140 cm³/mol. The lowest BCUT2D eigenvalue weighted by molar-refractivity contribution is -0.274. The van der Waals surface area contributed by atoms with Crippen molar-refractivity contribution < 1.29 is 31.5 Å². The molecule has 40 heavy (non-hydrogen) atoms. The van der Waals surface area contributed by atoms with E-state index >= 15 is 0 Å². The quantitative estimate of drug-likeness (QED) is 0.205. The summed E-state index contributed by atoms with van der Waals surface area (Å²) in [6.45, 7) is 1.51. The summed E-state index contributed by atoms with van der Waals surface area (Å²) >= 11 is 5.92. The SMILES string of the molecule is O=C(NCc1ccnc(Cl)c1)n1c2c(c3ccc(OC(F)(F)F)cc31)CN(C/C=C/c1ccc(F)cc1F)CC2. The molecular formula is C28H22ClF5N4O2. The van der Waals surface area contributed by atoms with E-state index in [2.05, 4.69) is 19.9 Å². The number of nitrogens with one attached hydrogen (secondary N) is 1. The van der Waals surface area contributed by atoms with E-state index in [4.69, 9.17) is 11.6 Å². The number of carbonyl (C=O) groups is 1. The van der Waals surface area contributed by atoms with Gasteiger partial charge in [-0.1, -0.05) is 23.8 Å². The first-order chi connectivity index (χ1) is 19.1. The van der Waals surface area contributed by atoms with Gasteiger partial charge in [-0.3, -0.25) is 9.47 Å². The Bertz CT molecular complexity index is 1600. The van der Waals surface area contributed by atoms with Crippen LogP contribution in [0.25, 0.3) is 17.0 Å². The third kappa shape index (κ3) is 6.26. The molecule has 1 aliphatic heterocycles. The van der Waals surface area contributed by atoms with Crippen LogP contribution in [-0.2, 0) is 19.5 Å². The molecule has 6 nitrogen and oxygen atoms in total. The van der Waals surface area contributed by atoms with Gasteiger partial charge in [0.2, 0.25) is 0 Å². The van der Waals surface area contributed by atoms with Crippen LogP contribution in [0.4, 0.5) is 26.7 Å². The van der Waals surface area contributed by atoms with Crippen LogP contribution >= 0.6 is 11.6 Å². The van der Waals surface area contributed by atoms with Crippen LogP contribution in [0, 0.1) is 11.6 Å². The molecule has 2 aromatic carbocycles. The minimum atomic E-state index is -4.89. The van der Waals surface area contributed by atoms with Crippen LogP contribution < -0.4 is 10.1 Å². The highest BCUT2D eigenvalue weighted by Gasteiger charge is 2.32. The molecule has 12 heteroatoms. The summed E-state index contributed by atoms with van der Waals surface area (Å²) < 4.78 is 71.4. The van der Waals surface area contributed by atoms with E-state index in [1.807, 2.05) is 0 Å². The first-order valence-electron chi connectivity index (χ1n) is 12.2. The molecule has 0 aliphatic carbocycles. The zero-order valence-electron chi connectivity index (χ0n) is 20.8. The van der Waals surface area contributed by atoms with Gasteiger partial charge in [-0.15, -0.1) is 13.2 Å². The van der Waals surface area contributed by atoms with Crippen molar-refractivity contribution in [3.8, 4) is 5.75 Å². The maximum absolute atomic E-state index is 14.0. The Morgan fingerprint density at radius 3 is 2.70 bits per heavy atom. The average Bonchev–Trinajstić information content (AvgIpc) is 3.20. The Balaban J connectivity index is 1.42. The molecule has 0 atom stereocenters. The molecule has 208 valence electrons. The van der Waals surface area contributed by atoms with Gasteiger partial charge >= 0.3 is 12.4 Å². The number of hydrogen-bond donors (Lipinski definition) is 1. The van der Waals surface area contributed by atoms with E-state index in [1.165, 1.54) is 41.1 Å². The summed E-state index contributed by atoms with van der Waals surface area (Å²) in [6.07, 6.45) is 0.369. The molecule has 0 saturated heterocycles. The fourth-order valence-electron chi connectivity index (χ4n) is 4.75. The number of rotatable bonds is 6. The fraction of sp³-hybridized carbons (Fsp3) is 0.214. The third-order valence-electron chi connectivity index (χ3n) is 6.49. The maximum atomic E-state index is 14.0. The lowest BCUT2D eigenvalue weighted by Crippen LogP contribution is -2.34. The molecule has 0 fully saturated rings. The smallest absolute Gasteiger partial charge is 0.406 e. The molecule has 0 unspecified atom stereocenters. The Labute approximate surface area is 230 Å².